The average molecular weight is 413 g/mol. The van der Waals surface area contributed by atoms with E-state index >= 15 is 0 Å². The molecule has 3 rings (SSSR count). The molecule has 0 aliphatic carbocycles. The van der Waals surface area contributed by atoms with Crippen LogP contribution in [-0.2, 0) is 10.0 Å². The summed E-state index contributed by atoms with van der Waals surface area (Å²) in [5.74, 6) is -0.407. The fourth-order valence-corrected chi connectivity index (χ4v) is 5.25. The molecule has 138 valence electrons. The number of halogens is 2. The number of hydrogen-bond donors (Lipinski definition) is 0. The zero-order chi connectivity index (χ0) is 18.9. The number of para-hydroxylation sites is 1. The maximum absolute atomic E-state index is 12.9. The summed E-state index contributed by atoms with van der Waals surface area (Å²) in [6.45, 7) is 0.906. The zero-order valence-electron chi connectivity index (χ0n) is 14.2. The fourth-order valence-electron chi connectivity index (χ4n) is 2.91. The van der Waals surface area contributed by atoms with Crippen LogP contribution >= 0.6 is 23.2 Å². The molecule has 1 fully saturated rings. The van der Waals surface area contributed by atoms with Crippen LogP contribution in [-0.4, -0.2) is 38.8 Å². The lowest BCUT2D eigenvalue weighted by molar-refractivity contribution is 0.0993. The first kappa shape index (κ1) is 19.2. The van der Waals surface area contributed by atoms with Crippen molar-refractivity contribution in [1.29, 1.82) is 0 Å². The van der Waals surface area contributed by atoms with Crippen LogP contribution in [0.4, 0.5) is 5.69 Å². The van der Waals surface area contributed by atoms with Gasteiger partial charge in [-0.2, -0.15) is 4.31 Å². The molecule has 0 bridgehead atoms. The number of carbonyl (C=O) groups is 1. The van der Waals surface area contributed by atoms with Crippen molar-refractivity contribution < 1.29 is 13.2 Å². The van der Waals surface area contributed by atoms with Gasteiger partial charge in [0.2, 0.25) is 10.0 Å². The summed E-state index contributed by atoms with van der Waals surface area (Å²) in [6.07, 6.45) is 1.62. The molecule has 2 aromatic rings. The molecular formula is C18H18Cl2N2O3S. The fraction of sp³-hybridized carbons (Fsp3) is 0.278. The standard InChI is InChI=1S/C18H18Cl2N2O3S/c1-21(13-7-3-2-4-8-13)18(23)14-11-17(16(20)12-15(14)19)26(24,25)22-9-5-6-10-22/h2-4,7-8,11-12H,5-6,9-10H2,1H3. The number of anilines is 1. The number of sulfonamides is 1. The van der Waals surface area contributed by atoms with Crippen molar-refractivity contribution in [2.24, 2.45) is 0 Å². The van der Waals surface area contributed by atoms with Crippen molar-refractivity contribution in [2.45, 2.75) is 17.7 Å². The lowest BCUT2D eigenvalue weighted by Gasteiger charge is -2.20. The van der Waals surface area contributed by atoms with Gasteiger partial charge < -0.3 is 4.90 Å². The van der Waals surface area contributed by atoms with Crippen LogP contribution in [0.25, 0.3) is 0 Å². The van der Waals surface area contributed by atoms with Crippen molar-refractivity contribution >= 4 is 44.8 Å². The van der Waals surface area contributed by atoms with Gasteiger partial charge >= 0.3 is 0 Å². The summed E-state index contributed by atoms with van der Waals surface area (Å²) in [6, 6.07) is 11.6. The summed E-state index contributed by atoms with van der Waals surface area (Å²) < 4.78 is 27.1. The Balaban J connectivity index is 2.02. The highest BCUT2D eigenvalue weighted by Crippen LogP contribution is 2.33. The Morgan fingerprint density at radius 3 is 2.27 bits per heavy atom. The van der Waals surface area contributed by atoms with Gasteiger partial charge in [-0.15, -0.1) is 0 Å². The number of amides is 1. The van der Waals surface area contributed by atoms with E-state index in [2.05, 4.69) is 0 Å². The van der Waals surface area contributed by atoms with Crippen molar-refractivity contribution in [1.82, 2.24) is 4.31 Å². The van der Waals surface area contributed by atoms with Crippen LogP contribution in [0.3, 0.4) is 0 Å². The van der Waals surface area contributed by atoms with E-state index in [0.717, 1.165) is 12.8 Å². The van der Waals surface area contributed by atoms with Crippen LogP contribution in [0.15, 0.2) is 47.4 Å². The minimum Gasteiger partial charge on any atom is -0.311 e. The number of carbonyl (C=O) groups excluding carboxylic acids is 1. The van der Waals surface area contributed by atoms with Gasteiger partial charge in [-0.1, -0.05) is 41.4 Å². The van der Waals surface area contributed by atoms with E-state index in [-0.39, 0.29) is 20.5 Å². The highest BCUT2D eigenvalue weighted by molar-refractivity contribution is 7.89. The van der Waals surface area contributed by atoms with Crippen LogP contribution in [0, 0.1) is 0 Å². The summed E-state index contributed by atoms with van der Waals surface area (Å²) >= 11 is 12.3. The first-order valence-electron chi connectivity index (χ1n) is 8.14. The molecule has 0 spiro atoms. The Kier molecular flexibility index (Phi) is 5.58. The van der Waals surface area contributed by atoms with Crippen molar-refractivity contribution in [3.8, 4) is 0 Å². The molecule has 8 heteroatoms. The highest BCUT2D eigenvalue weighted by atomic mass is 35.5. The lowest BCUT2D eigenvalue weighted by Crippen LogP contribution is -2.29. The Morgan fingerprint density at radius 1 is 1.04 bits per heavy atom. The molecule has 2 aromatic carbocycles. The molecule has 0 saturated carbocycles. The second-order valence-electron chi connectivity index (χ2n) is 6.07. The summed E-state index contributed by atoms with van der Waals surface area (Å²) in [5.41, 5.74) is 0.771. The van der Waals surface area contributed by atoms with Crippen LogP contribution in [0.2, 0.25) is 10.0 Å². The summed E-state index contributed by atoms with van der Waals surface area (Å²) in [7, 11) is -2.15. The van der Waals surface area contributed by atoms with Gasteiger partial charge in [0.1, 0.15) is 4.90 Å². The molecule has 1 heterocycles. The number of nitrogens with zero attached hydrogens (tertiary/aromatic N) is 2. The number of benzene rings is 2. The normalized spacial score (nSPS) is 15.2. The molecule has 5 nitrogen and oxygen atoms in total. The summed E-state index contributed by atoms with van der Waals surface area (Å²) in [5, 5.41) is 0.129. The van der Waals surface area contributed by atoms with E-state index in [0.29, 0.717) is 18.8 Å². The van der Waals surface area contributed by atoms with Crippen molar-refractivity contribution in [3.63, 3.8) is 0 Å². The van der Waals surface area contributed by atoms with Gasteiger partial charge in [0, 0.05) is 25.8 Å². The largest absolute Gasteiger partial charge is 0.311 e. The van der Waals surface area contributed by atoms with E-state index in [1.54, 1.807) is 19.2 Å². The predicted octanol–water partition coefficient (Wildman–Crippen LogP) is 4.05. The van der Waals surface area contributed by atoms with E-state index in [9.17, 15) is 13.2 Å². The van der Waals surface area contributed by atoms with E-state index < -0.39 is 15.9 Å². The second-order valence-corrected chi connectivity index (χ2v) is 8.79. The Hall–Kier alpha value is -1.60. The van der Waals surface area contributed by atoms with Gasteiger partial charge in [-0.25, -0.2) is 8.42 Å². The van der Waals surface area contributed by atoms with Gasteiger partial charge in [0.05, 0.1) is 15.6 Å². The molecular weight excluding hydrogens is 395 g/mol. The smallest absolute Gasteiger partial charge is 0.259 e. The minimum atomic E-state index is -3.76. The molecule has 1 aliphatic heterocycles. The van der Waals surface area contributed by atoms with Crippen LogP contribution in [0.1, 0.15) is 23.2 Å². The van der Waals surface area contributed by atoms with Gasteiger partial charge in [0.15, 0.2) is 0 Å². The summed E-state index contributed by atoms with van der Waals surface area (Å²) in [4.78, 5) is 14.2. The van der Waals surface area contributed by atoms with E-state index in [4.69, 9.17) is 23.2 Å². The molecule has 1 amide bonds. The molecule has 0 unspecified atom stereocenters. The molecule has 1 aliphatic rings. The first-order chi connectivity index (χ1) is 12.3. The molecule has 0 N–H and O–H groups in total. The Bertz CT molecular complexity index is 927. The molecule has 0 aromatic heterocycles. The SMILES string of the molecule is CN(C(=O)c1cc(S(=O)(=O)N2CCCC2)c(Cl)cc1Cl)c1ccccc1. The molecule has 26 heavy (non-hydrogen) atoms. The average Bonchev–Trinajstić information content (AvgIpc) is 3.16. The quantitative estimate of drug-likeness (QED) is 0.760. The third-order valence-corrected chi connectivity index (χ3v) is 7.06. The van der Waals surface area contributed by atoms with E-state index in [1.807, 2.05) is 18.2 Å². The van der Waals surface area contributed by atoms with E-state index in [1.165, 1.54) is 21.3 Å². The number of rotatable bonds is 4. The van der Waals surface area contributed by atoms with Crippen molar-refractivity contribution in [2.75, 3.05) is 25.0 Å². The molecule has 0 atom stereocenters. The maximum Gasteiger partial charge on any atom is 0.259 e. The van der Waals surface area contributed by atoms with Crippen molar-refractivity contribution in [3.05, 3.63) is 58.1 Å². The second kappa shape index (κ2) is 7.56. The first-order valence-corrected chi connectivity index (χ1v) is 10.3. The highest BCUT2D eigenvalue weighted by Gasteiger charge is 2.31. The maximum atomic E-state index is 12.9. The Morgan fingerprint density at radius 2 is 1.65 bits per heavy atom. The molecule has 1 saturated heterocycles. The van der Waals surface area contributed by atoms with Gasteiger partial charge in [0.25, 0.3) is 5.91 Å². The number of hydrogen-bond acceptors (Lipinski definition) is 3. The minimum absolute atomic E-state index is 0.0146. The Labute approximate surface area is 163 Å². The third-order valence-electron chi connectivity index (χ3n) is 4.38. The van der Waals surface area contributed by atoms with Crippen LogP contribution < -0.4 is 4.90 Å². The van der Waals surface area contributed by atoms with Crippen LogP contribution in [0.5, 0.6) is 0 Å². The van der Waals surface area contributed by atoms with Gasteiger partial charge in [-0.05, 0) is 37.1 Å². The third kappa shape index (κ3) is 3.60. The lowest BCUT2D eigenvalue weighted by atomic mass is 10.2. The molecule has 0 radical (unpaired) electrons. The zero-order valence-corrected chi connectivity index (χ0v) is 16.5. The van der Waals surface area contributed by atoms with Gasteiger partial charge in [-0.3, -0.25) is 4.79 Å². The topological polar surface area (TPSA) is 57.7 Å². The monoisotopic (exact) mass is 412 g/mol. The predicted molar refractivity (Wildman–Crippen MR) is 104 cm³/mol.